The van der Waals surface area contributed by atoms with Crippen LogP contribution in [0.4, 0.5) is 17.3 Å². The van der Waals surface area contributed by atoms with E-state index in [-0.39, 0.29) is 0 Å². The van der Waals surface area contributed by atoms with Gasteiger partial charge < -0.3 is 25.6 Å². The van der Waals surface area contributed by atoms with Crippen LogP contribution in [0.3, 0.4) is 0 Å². The summed E-state index contributed by atoms with van der Waals surface area (Å²) < 4.78 is 5.39. The first-order valence-corrected chi connectivity index (χ1v) is 13.3. The number of piperidine rings is 1. The lowest BCUT2D eigenvalue weighted by atomic mass is 9.91. The lowest BCUT2D eigenvalue weighted by Gasteiger charge is -2.34. The zero-order valence-corrected chi connectivity index (χ0v) is 22.3. The summed E-state index contributed by atoms with van der Waals surface area (Å²) in [6.45, 7) is 11.2. The van der Waals surface area contributed by atoms with E-state index in [2.05, 4.69) is 63.7 Å². The summed E-state index contributed by atoms with van der Waals surface area (Å²) in [5, 5.41) is 10.5. The molecular formula is C28H38N8O. The molecule has 2 aliphatic rings. The third-order valence-corrected chi connectivity index (χ3v) is 7.27. The Labute approximate surface area is 219 Å². The first kappa shape index (κ1) is 25.2. The summed E-state index contributed by atoms with van der Waals surface area (Å²) in [4.78, 5) is 21.1. The van der Waals surface area contributed by atoms with Gasteiger partial charge in [-0.05, 0) is 31.0 Å². The quantitative estimate of drug-likeness (QED) is 0.371. The van der Waals surface area contributed by atoms with Crippen molar-refractivity contribution < 1.29 is 4.74 Å². The summed E-state index contributed by atoms with van der Waals surface area (Å²) in [6.07, 6.45) is 7.30. The Bertz CT molecular complexity index is 1210. The molecule has 2 aliphatic heterocycles. The molecule has 1 saturated heterocycles. The van der Waals surface area contributed by atoms with Crippen LogP contribution in [-0.2, 0) is 0 Å². The third-order valence-electron chi connectivity index (χ3n) is 7.27. The van der Waals surface area contributed by atoms with E-state index >= 15 is 0 Å². The number of nitrogens with zero attached hydrogens (tertiary/aromatic N) is 5. The molecule has 0 aromatic carbocycles. The fraction of sp³-hybridized carbons (Fsp3) is 0.500. The monoisotopic (exact) mass is 502 g/mol. The predicted molar refractivity (Wildman–Crippen MR) is 149 cm³/mol. The molecule has 9 nitrogen and oxygen atoms in total. The van der Waals surface area contributed by atoms with Gasteiger partial charge in [0, 0.05) is 67.9 Å². The number of hydrogen-bond acceptors (Lipinski definition) is 9. The largest absolute Gasteiger partial charge is 0.495 e. The van der Waals surface area contributed by atoms with Gasteiger partial charge in [-0.1, -0.05) is 20.8 Å². The van der Waals surface area contributed by atoms with Crippen LogP contribution in [0.15, 0.2) is 36.9 Å². The minimum atomic E-state index is 0.362. The van der Waals surface area contributed by atoms with E-state index in [9.17, 15) is 0 Å². The highest BCUT2D eigenvalue weighted by molar-refractivity contribution is 5.65. The fourth-order valence-corrected chi connectivity index (χ4v) is 5.27. The van der Waals surface area contributed by atoms with Gasteiger partial charge in [0.25, 0.3) is 0 Å². The van der Waals surface area contributed by atoms with Crippen LogP contribution < -0.4 is 25.6 Å². The van der Waals surface area contributed by atoms with Gasteiger partial charge in [-0.2, -0.15) is 0 Å². The molecule has 0 amide bonds. The molecule has 3 aromatic rings. The standard InChI is InChI=1S/C28H38N8O/c1-18(2)30-9-10-31-24-6-5-23(21-13-22(37-4)16-29-15-21)35-26(24)20-7-11-36(12-8-20)28-25-19(3)14-32-27(25)33-17-34-28/h5-6,13,15-20,30-31H,7-12,14H2,1-4H3,(H,32,33,34). The maximum atomic E-state index is 5.39. The van der Waals surface area contributed by atoms with Gasteiger partial charge in [0.15, 0.2) is 0 Å². The van der Waals surface area contributed by atoms with Crippen molar-refractivity contribution in [2.45, 2.75) is 51.5 Å². The van der Waals surface area contributed by atoms with Crippen LogP contribution in [0.2, 0.25) is 0 Å². The number of nitrogens with one attached hydrogen (secondary N) is 3. The van der Waals surface area contributed by atoms with Crippen molar-refractivity contribution in [2.75, 3.05) is 55.4 Å². The molecule has 3 N–H and O–H groups in total. The van der Waals surface area contributed by atoms with Crippen molar-refractivity contribution in [2.24, 2.45) is 0 Å². The summed E-state index contributed by atoms with van der Waals surface area (Å²) in [5.41, 5.74) is 5.38. The normalized spacial score (nSPS) is 17.5. The van der Waals surface area contributed by atoms with Crippen LogP contribution in [0.1, 0.15) is 56.7 Å². The molecule has 0 aliphatic carbocycles. The van der Waals surface area contributed by atoms with E-state index in [1.807, 2.05) is 12.3 Å². The summed E-state index contributed by atoms with van der Waals surface area (Å²) in [5.74, 6) is 3.59. The van der Waals surface area contributed by atoms with Gasteiger partial charge in [-0.25, -0.2) is 9.97 Å². The van der Waals surface area contributed by atoms with Crippen molar-refractivity contribution in [3.63, 3.8) is 0 Å². The Balaban J connectivity index is 1.37. The molecule has 37 heavy (non-hydrogen) atoms. The maximum Gasteiger partial charge on any atom is 0.137 e. The van der Waals surface area contributed by atoms with E-state index in [4.69, 9.17) is 14.7 Å². The molecule has 0 bridgehead atoms. The predicted octanol–water partition coefficient (Wildman–Crippen LogP) is 4.27. The SMILES string of the molecule is COc1cncc(-c2ccc(NCCNC(C)C)c(C3CCN(c4ncnc5c4C(C)CN5)CC3)n2)c1. The molecular weight excluding hydrogens is 464 g/mol. The average molecular weight is 503 g/mol. The minimum Gasteiger partial charge on any atom is -0.495 e. The Hall–Kier alpha value is -3.46. The van der Waals surface area contributed by atoms with E-state index in [0.717, 1.165) is 85.6 Å². The number of anilines is 3. The lowest BCUT2D eigenvalue weighted by molar-refractivity contribution is 0.413. The molecule has 0 spiro atoms. The first-order valence-electron chi connectivity index (χ1n) is 13.3. The van der Waals surface area contributed by atoms with Gasteiger partial charge in [0.1, 0.15) is 23.7 Å². The number of pyridine rings is 2. The smallest absolute Gasteiger partial charge is 0.137 e. The van der Waals surface area contributed by atoms with Gasteiger partial charge >= 0.3 is 0 Å². The van der Waals surface area contributed by atoms with Gasteiger partial charge in [-0.3, -0.25) is 9.97 Å². The van der Waals surface area contributed by atoms with Gasteiger partial charge in [0.2, 0.25) is 0 Å². The van der Waals surface area contributed by atoms with Crippen molar-refractivity contribution in [3.8, 4) is 17.0 Å². The van der Waals surface area contributed by atoms with Crippen LogP contribution in [0, 0.1) is 0 Å². The second-order valence-corrected chi connectivity index (χ2v) is 10.3. The van der Waals surface area contributed by atoms with Crippen LogP contribution in [-0.4, -0.2) is 65.8 Å². The molecule has 3 aromatic heterocycles. The minimum absolute atomic E-state index is 0.362. The molecule has 1 atom stereocenters. The van der Waals surface area contributed by atoms with Crippen molar-refractivity contribution in [3.05, 3.63) is 48.2 Å². The molecule has 5 rings (SSSR count). The topological polar surface area (TPSA) is 100 Å². The first-order chi connectivity index (χ1) is 18.0. The second-order valence-electron chi connectivity index (χ2n) is 10.3. The summed E-state index contributed by atoms with van der Waals surface area (Å²) >= 11 is 0. The highest BCUT2D eigenvalue weighted by Gasteiger charge is 2.30. The number of aromatic nitrogens is 4. The van der Waals surface area contributed by atoms with Crippen LogP contribution in [0.5, 0.6) is 5.75 Å². The van der Waals surface area contributed by atoms with E-state index in [1.54, 1.807) is 19.6 Å². The Morgan fingerprint density at radius 3 is 2.76 bits per heavy atom. The molecule has 196 valence electrons. The zero-order chi connectivity index (χ0) is 25.8. The molecule has 1 fully saturated rings. The molecule has 0 saturated carbocycles. The molecule has 9 heteroatoms. The number of fused-ring (bicyclic) bond motifs is 1. The van der Waals surface area contributed by atoms with E-state index < -0.39 is 0 Å². The van der Waals surface area contributed by atoms with E-state index in [1.165, 1.54) is 5.56 Å². The Morgan fingerprint density at radius 1 is 1.14 bits per heavy atom. The number of rotatable bonds is 9. The number of hydrogen-bond donors (Lipinski definition) is 3. The van der Waals surface area contributed by atoms with Gasteiger partial charge in [-0.15, -0.1) is 0 Å². The van der Waals surface area contributed by atoms with Crippen molar-refractivity contribution in [1.29, 1.82) is 0 Å². The van der Waals surface area contributed by atoms with Gasteiger partial charge in [0.05, 0.1) is 30.4 Å². The fourth-order valence-electron chi connectivity index (χ4n) is 5.27. The average Bonchev–Trinajstić information content (AvgIpc) is 3.32. The van der Waals surface area contributed by atoms with E-state index in [0.29, 0.717) is 17.9 Å². The van der Waals surface area contributed by atoms with Crippen molar-refractivity contribution >= 4 is 17.3 Å². The summed E-state index contributed by atoms with van der Waals surface area (Å²) in [7, 11) is 1.66. The zero-order valence-electron chi connectivity index (χ0n) is 22.3. The number of methoxy groups -OCH3 is 1. The Morgan fingerprint density at radius 2 is 1.97 bits per heavy atom. The molecule has 0 radical (unpaired) electrons. The van der Waals surface area contributed by atoms with Crippen LogP contribution in [0.25, 0.3) is 11.3 Å². The van der Waals surface area contributed by atoms with Crippen molar-refractivity contribution in [1.82, 2.24) is 25.3 Å². The summed E-state index contributed by atoms with van der Waals surface area (Å²) in [6, 6.07) is 6.70. The number of ether oxygens (including phenoxy) is 1. The van der Waals surface area contributed by atoms with Crippen LogP contribution >= 0.6 is 0 Å². The highest BCUT2D eigenvalue weighted by atomic mass is 16.5. The molecule has 1 unspecified atom stereocenters. The maximum absolute atomic E-state index is 5.39. The lowest BCUT2D eigenvalue weighted by Crippen LogP contribution is -2.35. The molecule has 5 heterocycles. The Kier molecular flexibility index (Phi) is 7.69. The third kappa shape index (κ3) is 5.61. The highest BCUT2D eigenvalue weighted by Crippen LogP contribution is 2.39. The second kappa shape index (κ2) is 11.3.